The smallest absolute Gasteiger partial charge is 0.291 e. The van der Waals surface area contributed by atoms with Gasteiger partial charge < -0.3 is 0 Å². The molecular formula is C16H18N4O2. The van der Waals surface area contributed by atoms with Gasteiger partial charge >= 0.3 is 5.69 Å². The van der Waals surface area contributed by atoms with E-state index in [0.717, 1.165) is 11.8 Å². The molecule has 0 fully saturated rings. The Morgan fingerprint density at radius 3 is 2.77 bits per heavy atom. The van der Waals surface area contributed by atoms with Crippen LogP contribution in [-0.4, -0.2) is 19.5 Å². The van der Waals surface area contributed by atoms with Crippen LogP contribution in [0, 0.1) is 5.41 Å². The highest BCUT2D eigenvalue weighted by atomic mass is 16.2. The molecule has 0 bridgehead atoms. The molecular weight excluding hydrogens is 280 g/mol. The first kappa shape index (κ1) is 14.4. The fourth-order valence-corrected chi connectivity index (χ4v) is 2.32. The lowest BCUT2D eigenvalue weighted by Crippen LogP contribution is -2.36. The zero-order chi connectivity index (χ0) is 15.9. The molecule has 0 unspecified atom stereocenters. The summed E-state index contributed by atoms with van der Waals surface area (Å²) in [5.74, 6) is 0. The standard InChI is InChI=1S/C16H18N4O2/c1-16(2,3)6-8-20-14(21)11-9-10-5-4-7-17-12(10)18-13(11)19-15(20)22/h4-5,7,9H,6,8H2,1-3H3,(H,17,18,19,22). The fourth-order valence-electron chi connectivity index (χ4n) is 2.32. The Labute approximate surface area is 126 Å². The number of aromatic nitrogens is 4. The second-order valence-corrected chi connectivity index (χ2v) is 6.63. The molecule has 0 aromatic carbocycles. The van der Waals surface area contributed by atoms with Crippen molar-refractivity contribution in [2.45, 2.75) is 33.7 Å². The molecule has 114 valence electrons. The Balaban J connectivity index is 2.21. The molecule has 0 aliphatic carbocycles. The summed E-state index contributed by atoms with van der Waals surface area (Å²) in [6.45, 7) is 6.62. The van der Waals surface area contributed by atoms with E-state index in [4.69, 9.17) is 0 Å². The van der Waals surface area contributed by atoms with Crippen LogP contribution in [0.5, 0.6) is 0 Å². The van der Waals surface area contributed by atoms with Gasteiger partial charge in [0, 0.05) is 18.1 Å². The largest absolute Gasteiger partial charge is 0.329 e. The molecule has 0 amide bonds. The van der Waals surface area contributed by atoms with Gasteiger partial charge in [0.1, 0.15) is 5.65 Å². The molecule has 0 atom stereocenters. The van der Waals surface area contributed by atoms with Crippen LogP contribution in [0.25, 0.3) is 22.1 Å². The van der Waals surface area contributed by atoms with Gasteiger partial charge in [-0.15, -0.1) is 0 Å². The quantitative estimate of drug-likeness (QED) is 0.734. The molecule has 0 radical (unpaired) electrons. The van der Waals surface area contributed by atoms with Crippen molar-refractivity contribution in [3.05, 3.63) is 45.2 Å². The van der Waals surface area contributed by atoms with E-state index in [9.17, 15) is 9.59 Å². The van der Waals surface area contributed by atoms with Crippen molar-refractivity contribution < 1.29 is 0 Å². The summed E-state index contributed by atoms with van der Waals surface area (Å²) in [7, 11) is 0. The highest BCUT2D eigenvalue weighted by Crippen LogP contribution is 2.18. The predicted molar refractivity (Wildman–Crippen MR) is 86.0 cm³/mol. The van der Waals surface area contributed by atoms with E-state index in [-0.39, 0.29) is 16.6 Å². The molecule has 3 aromatic heterocycles. The Morgan fingerprint density at radius 1 is 1.27 bits per heavy atom. The second-order valence-electron chi connectivity index (χ2n) is 6.63. The van der Waals surface area contributed by atoms with Crippen molar-refractivity contribution in [1.29, 1.82) is 0 Å². The van der Waals surface area contributed by atoms with E-state index in [0.29, 0.717) is 17.6 Å². The third-order valence-electron chi connectivity index (χ3n) is 3.62. The number of hydrogen-bond acceptors (Lipinski definition) is 4. The first-order valence-corrected chi connectivity index (χ1v) is 7.24. The van der Waals surface area contributed by atoms with Crippen molar-refractivity contribution in [3.63, 3.8) is 0 Å². The molecule has 6 heteroatoms. The molecule has 0 saturated heterocycles. The minimum absolute atomic E-state index is 0.0480. The Bertz CT molecular complexity index is 964. The second kappa shape index (κ2) is 5.05. The third-order valence-corrected chi connectivity index (χ3v) is 3.62. The maximum atomic E-state index is 12.6. The van der Waals surface area contributed by atoms with Crippen molar-refractivity contribution in [2.24, 2.45) is 5.41 Å². The molecule has 0 spiro atoms. The number of H-pyrrole nitrogens is 1. The summed E-state index contributed by atoms with van der Waals surface area (Å²) in [5.41, 5.74) is 0.114. The molecule has 22 heavy (non-hydrogen) atoms. The minimum Gasteiger partial charge on any atom is -0.291 e. The van der Waals surface area contributed by atoms with Gasteiger partial charge in [-0.25, -0.2) is 14.8 Å². The first-order valence-electron chi connectivity index (χ1n) is 7.24. The van der Waals surface area contributed by atoms with Crippen molar-refractivity contribution >= 4 is 22.1 Å². The lowest BCUT2D eigenvalue weighted by Gasteiger charge is -2.18. The van der Waals surface area contributed by atoms with Gasteiger partial charge in [-0.1, -0.05) is 20.8 Å². The summed E-state index contributed by atoms with van der Waals surface area (Å²) >= 11 is 0. The van der Waals surface area contributed by atoms with Crippen molar-refractivity contribution in [1.82, 2.24) is 19.5 Å². The molecule has 3 aromatic rings. The normalized spacial score (nSPS) is 12.1. The molecule has 6 nitrogen and oxygen atoms in total. The average Bonchev–Trinajstić information content (AvgIpc) is 2.44. The Morgan fingerprint density at radius 2 is 2.05 bits per heavy atom. The Hall–Kier alpha value is -2.50. The van der Waals surface area contributed by atoms with Crippen LogP contribution in [0.1, 0.15) is 27.2 Å². The van der Waals surface area contributed by atoms with E-state index < -0.39 is 5.69 Å². The van der Waals surface area contributed by atoms with Crippen LogP contribution < -0.4 is 11.2 Å². The summed E-state index contributed by atoms with van der Waals surface area (Å²) < 4.78 is 1.25. The van der Waals surface area contributed by atoms with Crippen LogP contribution in [0.4, 0.5) is 0 Å². The van der Waals surface area contributed by atoms with Crippen LogP contribution in [0.3, 0.4) is 0 Å². The molecule has 3 rings (SSSR count). The topological polar surface area (TPSA) is 80.6 Å². The van der Waals surface area contributed by atoms with E-state index in [1.807, 2.05) is 6.07 Å². The fraction of sp³-hybridized carbons (Fsp3) is 0.375. The van der Waals surface area contributed by atoms with Gasteiger partial charge in [0.25, 0.3) is 5.56 Å². The summed E-state index contributed by atoms with van der Waals surface area (Å²) in [5, 5.41) is 1.19. The van der Waals surface area contributed by atoms with Crippen LogP contribution >= 0.6 is 0 Å². The average molecular weight is 298 g/mol. The van der Waals surface area contributed by atoms with Gasteiger partial charge in [-0.05, 0) is 30.0 Å². The number of aromatic amines is 1. The maximum Gasteiger partial charge on any atom is 0.329 e. The summed E-state index contributed by atoms with van der Waals surface area (Å²) in [6.07, 6.45) is 2.37. The lowest BCUT2D eigenvalue weighted by molar-refractivity contribution is 0.344. The molecule has 1 N–H and O–H groups in total. The van der Waals surface area contributed by atoms with E-state index in [1.54, 1.807) is 18.3 Å². The first-order chi connectivity index (χ1) is 10.3. The van der Waals surface area contributed by atoms with Gasteiger partial charge in [-0.2, -0.15) is 0 Å². The van der Waals surface area contributed by atoms with Gasteiger partial charge in [0.15, 0.2) is 5.65 Å². The number of hydrogen-bond donors (Lipinski definition) is 1. The Kier molecular flexibility index (Phi) is 3.31. The predicted octanol–water partition coefficient (Wildman–Crippen LogP) is 2.07. The third kappa shape index (κ3) is 2.64. The summed E-state index contributed by atoms with van der Waals surface area (Å²) in [6, 6.07) is 5.37. The maximum absolute atomic E-state index is 12.6. The SMILES string of the molecule is CC(C)(C)CCn1c(=O)[nH]c2nc3ncccc3cc2c1=O. The van der Waals surface area contributed by atoms with Gasteiger partial charge in [-0.3, -0.25) is 14.3 Å². The summed E-state index contributed by atoms with van der Waals surface area (Å²) in [4.78, 5) is 35.8. The number of nitrogens with one attached hydrogen (secondary N) is 1. The highest BCUT2D eigenvalue weighted by Gasteiger charge is 2.14. The molecule has 0 saturated carbocycles. The molecule has 0 aliphatic heterocycles. The number of nitrogens with zero attached hydrogens (tertiary/aromatic N) is 3. The van der Waals surface area contributed by atoms with Crippen LogP contribution in [0.15, 0.2) is 34.0 Å². The number of pyridine rings is 2. The van der Waals surface area contributed by atoms with Crippen molar-refractivity contribution in [3.8, 4) is 0 Å². The number of fused-ring (bicyclic) bond motifs is 2. The monoisotopic (exact) mass is 298 g/mol. The van der Waals surface area contributed by atoms with Gasteiger partial charge in [0.2, 0.25) is 0 Å². The van der Waals surface area contributed by atoms with E-state index in [2.05, 4.69) is 35.7 Å². The molecule has 3 heterocycles. The molecule has 0 aliphatic rings. The zero-order valence-corrected chi connectivity index (χ0v) is 12.9. The van der Waals surface area contributed by atoms with Crippen molar-refractivity contribution in [2.75, 3.05) is 0 Å². The number of rotatable bonds is 2. The van der Waals surface area contributed by atoms with E-state index >= 15 is 0 Å². The highest BCUT2D eigenvalue weighted by molar-refractivity contribution is 5.88. The van der Waals surface area contributed by atoms with Crippen LogP contribution in [-0.2, 0) is 6.54 Å². The van der Waals surface area contributed by atoms with Crippen LogP contribution in [0.2, 0.25) is 0 Å². The lowest BCUT2D eigenvalue weighted by atomic mass is 9.92. The van der Waals surface area contributed by atoms with Gasteiger partial charge in [0.05, 0.1) is 5.39 Å². The minimum atomic E-state index is -0.426. The van der Waals surface area contributed by atoms with E-state index in [1.165, 1.54) is 4.57 Å². The zero-order valence-electron chi connectivity index (χ0n) is 12.9.